The number of amides is 1. The van der Waals surface area contributed by atoms with Crippen LogP contribution < -0.4 is 15.5 Å². The molecule has 5 rings (SSSR count). The molecule has 0 spiro atoms. The molecule has 1 unspecified atom stereocenters. The summed E-state index contributed by atoms with van der Waals surface area (Å²) < 4.78 is 5.51. The molecule has 3 N–H and O–H groups in total. The van der Waals surface area contributed by atoms with E-state index in [1.807, 2.05) is 36.4 Å². The van der Waals surface area contributed by atoms with Gasteiger partial charge in [-0.3, -0.25) is 4.79 Å². The van der Waals surface area contributed by atoms with Crippen LogP contribution in [0.3, 0.4) is 0 Å². The average Bonchev–Trinajstić information content (AvgIpc) is 2.89. The zero-order valence-corrected chi connectivity index (χ0v) is 19.0. The second kappa shape index (κ2) is 10.2. The van der Waals surface area contributed by atoms with Crippen molar-refractivity contribution >= 4 is 17.4 Å². The van der Waals surface area contributed by atoms with Gasteiger partial charge in [0.15, 0.2) is 5.82 Å². The van der Waals surface area contributed by atoms with E-state index in [9.17, 15) is 9.90 Å². The summed E-state index contributed by atoms with van der Waals surface area (Å²) in [4.78, 5) is 24.5. The normalized spacial score (nSPS) is 18.5. The molecule has 0 saturated carbocycles. The molecule has 2 aliphatic heterocycles. The van der Waals surface area contributed by atoms with Gasteiger partial charge in [0.05, 0.1) is 24.8 Å². The molecule has 0 bridgehead atoms. The number of nitrogens with one attached hydrogen (secondary N) is 2. The van der Waals surface area contributed by atoms with E-state index in [1.165, 1.54) is 0 Å². The van der Waals surface area contributed by atoms with Crippen molar-refractivity contribution in [2.75, 3.05) is 49.6 Å². The zero-order valence-electron chi connectivity index (χ0n) is 19.0. The lowest BCUT2D eigenvalue weighted by atomic mass is 9.98. The van der Waals surface area contributed by atoms with Crippen molar-refractivity contribution in [3.63, 3.8) is 0 Å². The molecule has 1 atom stereocenters. The maximum Gasteiger partial charge on any atom is 0.228 e. The Morgan fingerprint density at radius 3 is 2.68 bits per heavy atom. The van der Waals surface area contributed by atoms with Crippen molar-refractivity contribution in [2.24, 2.45) is 5.92 Å². The number of piperidine rings is 1. The molecule has 3 aromatic rings. The Labute approximate surface area is 199 Å². The number of carbonyl (C=O) groups is 1. The van der Waals surface area contributed by atoms with Crippen LogP contribution in [0.2, 0.25) is 0 Å². The van der Waals surface area contributed by atoms with Crippen LogP contribution >= 0.6 is 0 Å². The summed E-state index contributed by atoms with van der Waals surface area (Å²) in [7, 11) is 0. The minimum Gasteiger partial charge on any atom is -0.508 e. The number of carbonyl (C=O) groups excluding carboxylic acids is 1. The highest BCUT2D eigenvalue weighted by atomic mass is 16.5. The Morgan fingerprint density at radius 1 is 1.06 bits per heavy atom. The lowest BCUT2D eigenvalue weighted by Crippen LogP contribution is -2.37. The number of benzene rings is 2. The Balaban J connectivity index is 1.47. The summed E-state index contributed by atoms with van der Waals surface area (Å²) in [5, 5.41) is 16.3. The van der Waals surface area contributed by atoms with Gasteiger partial charge in [0.2, 0.25) is 5.91 Å². The third kappa shape index (κ3) is 5.18. The molecule has 176 valence electrons. The van der Waals surface area contributed by atoms with Gasteiger partial charge in [-0.15, -0.1) is 0 Å². The molecule has 2 saturated heterocycles. The first kappa shape index (κ1) is 22.3. The minimum atomic E-state index is -0.0123. The van der Waals surface area contributed by atoms with Gasteiger partial charge in [-0.2, -0.15) is 0 Å². The largest absolute Gasteiger partial charge is 0.508 e. The van der Waals surface area contributed by atoms with E-state index in [-0.39, 0.29) is 17.6 Å². The van der Waals surface area contributed by atoms with E-state index in [0.717, 1.165) is 60.8 Å². The van der Waals surface area contributed by atoms with Crippen LogP contribution in [0.25, 0.3) is 22.6 Å². The average molecular weight is 460 g/mol. The summed E-state index contributed by atoms with van der Waals surface area (Å²) in [6.07, 6.45) is 1.92. The van der Waals surface area contributed by atoms with Gasteiger partial charge in [0.1, 0.15) is 11.6 Å². The van der Waals surface area contributed by atoms with Crippen LogP contribution in [-0.2, 0) is 9.53 Å². The van der Waals surface area contributed by atoms with E-state index in [0.29, 0.717) is 25.6 Å². The number of anilines is 2. The topological polar surface area (TPSA) is 99.6 Å². The van der Waals surface area contributed by atoms with E-state index in [4.69, 9.17) is 14.7 Å². The predicted octanol–water partition coefficient (Wildman–Crippen LogP) is 3.29. The van der Waals surface area contributed by atoms with Gasteiger partial charge < -0.3 is 25.4 Å². The fourth-order valence-electron chi connectivity index (χ4n) is 4.39. The van der Waals surface area contributed by atoms with Gasteiger partial charge in [0, 0.05) is 42.5 Å². The molecule has 2 aliphatic rings. The van der Waals surface area contributed by atoms with Crippen molar-refractivity contribution in [3.8, 4) is 28.4 Å². The number of morpholine rings is 1. The molecule has 34 heavy (non-hydrogen) atoms. The number of hydrogen-bond donors (Lipinski definition) is 3. The Hall–Kier alpha value is -3.49. The van der Waals surface area contributed by atoms with E-state index < -0.39 is 0 Å². The smallest absolute Gasteiger partial charge is 0.228 e. The number of ether oxygens (including phenoxy) is 1. The molecule has 0 radical (unpaired) electrons. The quantitative estimate of drug-likeness (QED) is 0.538. The molecule has 3 heterocycles. The van der Waals surface area contributed by atoms with Crippen molar-refractivity contribution in [2.45, 2.75) is 12.8 Å². The maximum absolute atomic E-state index is 12.7. The fraction of sp³-hybridized carbons (Fsp3) is 0.346. The van der Waals surface area contributed by atoms with Crippen LogP contribution in [0.4, 0.5) is 11.5 Å². The van der Waals surface area contributed by atoms with Gasteiger partial charge >= 0.3 is 0 Å². The highest BCUT2D eigenvalue weighted by Crippen LogP contribution is 2.29. The van der Waals surface area contributed by atoms with Gasteiger partial charge in [-0.1, -0.05) is 24.3 Å². The number of aromatic hydroxyl groups is 1. The molecule has 2 aromatic carbocycles. The molecule has 0 aliphatic carbocycles. The predicted molar refractivity (Wildman–Crippen MR) is 132 cm³/mol. The van der Waals surface area contributed by atoms with E-state index in [1.54, 1.807) is 18.2 Å². The highest BCUT2D eigenvalue weighted by molar-refractivity contribution is 5.93. The Morgan fingerprint density at radius 2 is 1.88 bits per heavy atom. The van der Waals surface area contributed by atoms with Crippen molar-refractivity contribution < 1.29 is 14.6 Å². The Kier molecular flexibility index (Phi) is 6.69. The first-order chi connectivity index (χ1) is 16.7. The summed E-state index contributed by atoms with van der Waals surface area (Å²) in [5.74, 6) is 1.55. The second-order valence-electron chi connectivity index (χ2n) is 8.70. The number of nitrogens with zero attached hydrogens (tertiary/aromatic N) is 3. The van der Waals surface area contributed by atoms with Gasteiger partial charge in [0.25, 0.3) is 0 Å². The summed E-state index contributed by atoms with van der Waals surface area (Å²) in [6.45, 7) is 4.49. The Bertz CT molecular complexity index is 1160. The molecule has 1 amide bonds. The van der Waals surface area contributed by atoms with Gasteiger partial charge in [-0.05, 0) is 43.7 Å². The molecule has 8 nitrogen and oxygen atoms in total. The van der Waals surface area contributed by atoms with E-state index >= 15 is 0 Å². The SMILES string of the molecule is O=C(Nc1cccc(-c2cc(N3CCOCC3)nc(-c3cccc(O)c3)n2)c1)C1CCCNC1. The maximum atomic E-state index is 12.7. The molecule has 1 aromatic heterocycles. The zero-order chi connectivity index (χ0) is 23.3. The lowest BCUT2D eigenvalue weighted by Gasteiger charge is -2.28. The summed E-state index contributed by atoms with van der Waals surface area (Å²) in [6, 6.07) is 16.7. The molecule has 2 fully saturated rings. The van der Waals surface area contributed by atoms with E-state index in [2.05, 4.69) is 15.5 Å². The third-order valence-electron chi connectivity index (χ3n) is 6.25. The standard InChI is InChI=1S/C26H29N5O3/c32-22-8-2-5-19(15-22)25-29-23(16-24(30-25)31-10-12-34-13-11-31)18-4-1-7-21(14-18)28-26(33)20-6-3-9-27-17-20/h1-2,4-5,7-8,14-16,20,27,32H,3,6,9-13,17H2,(H,28,33). The van der Waals surface area contributed by atoms with Crippen LogP contribution in [0.5, 0.6) is 5.75 Å². The first-order valence-electron chi connectivity index (χ1n) is 11.8. The number of aromatic nitrogens is 2. The number of rotatable bonds is 5. The second-order valence-corrected chi connectivity index (χ2v) is 8.70. The number of phenolic OH excluding ortho intramolecular Hbond substituents is 1. The van der Waals surface area contributed by atoms with Crippen molar-refractivity contribution in [3.05, 3.63) is 54.6 Å². The third-order valence-corrected chi connectivity index (χ3v) is 6.25. The summed E-state index contributed by atoms with van der Waals surface area (Å²) >= 11 is 0. The van der Waals surface area contributed by atoms with Crippen LogP contribution in [-0.4, -0.2) is 60.4 Å². The highest BCUT2D eigenvalue weighted by Gasteiger charge is 2.21. The number of hydrogen-bond acceptors (Lipinski definition) is 7. The van der Waals surface area contributed by atoms with Gasteiger partial charge in [-0.25, -0.2) is 9.97 Å². The minimum absolute atomic E-state index is 0.0123. The van der Waals surface area contributed by atoms with Crippen LogP contribution in [0.15, 0.2) is 54.6 Å². The number of phenols is 1. The first-order valence-corrected chi connectivity index (χ1v) is 11.8. The molecule has 8 heteroatoms. The monoisotopic (exact) mass is 459 g/mol. The molecular formula is C26H29N5O3. The fourth-order valence-corrected chi connectivity index (χ4v) is 4.39. The van der Waals surface area contributed by atoms with Crippen LogP contribution in [0.1, 0.15) is 12.8 Å². The lowest BCUT2D eigenvalue weighted by molar-refractivity contribution is -0.120. The van der Waals surface area contributed by atoms with Crippen molar-refractivity contribution in [1.29, 1.82) is 0 Å². The summed E-state index contributed by atoms with van der Waals surface area (Å²) in [5.41, 5.74) is 3.13. The van der Waals surface area contributed by atoms with Crippen LogP contribution in [0, 0.1) is 5.92 Å². The molecular weight excluding hydrogens is 430 g/mol. The van der Waals surface area contributed by atoms with Crippen molar-refractivity contribution in [1.82, 2.24) is 15.3 Å².